The van der Waals surface area contributed by atoms with E-state index in [1.807, 2.05) is 25.9 Å². The van der Waals surface area contributed by atoms with Gasteiger partial charge in [0.15, 0.2) is 0 Å². The Labute approximate surface area is 211 Å². The third-order valence-electron chi connectivity index (χ3n) is 6.21. The summed E-state index contributed by atoms with van der Waals surface area (Å²) in [5.41, 5.74) is 2.15. The third kappa shape index (κ3) is 5.31. The number of nitrogens with zero attached hydrogens (tertiary/aromatic N) is 2. The SMILES string of the molecule is CCOC(=O)c1[nH]c(C)c(/C(O)=C2\C(=O)C(=O)N(CCCN(C)C)C2c2ccc(OCC)cc2)c1C. The molecule has 2 N–H and O–H groups in total. The molecule has 1 fully saturated rings. The Balaban J connectivity index is 2.14. The first-order valence-corrected chi connectivity index (χ1v) is 12.1. The summed E-state index contributed by atoms with van der Waals surface area (Å²) in [5, 5.41) is 11.5. The predicted octanol–water partition coefficient (Wildman–Crippen LogP) is 3.58. The lowest BCUT2D eigenvalue weighted by molar-refractivity contribution is -0.139. The highest BCUT2D eigenvalue weighted by atomic mass is 16.5. The number of aliphatic hydroxyl groups is 1. The average molecular weight is 498 g/mol. The molecule has 0 radical (unpaired) electrons. The van der Waals surface area contributed by atoms with Gasteiger partial charge in [-0.05, 0) is 78.0 Å². The Morgan fingerprint density at radius 3 is 2.36 bits per heavy atom. The highest BCUT2D eigenvalue weighted by molar-refractivity contribution is 6.46. The van der Waals surface area contributed by atoms with Crippen molar-refractivity contribution in [3.63, 3.8) is 0 Å². The van der Waals surface area contributed by atoms with Gasteiger partial charge in [0.2, 0.25) is 0 Å². The topological polar surface area (TPSA) is 112 Å². The summed E-state index contributed by atoms with van der Waals surface area (Å²) in [7, 11) is 3.88. The van der Waals surface area contributed by atoms with E-state index in [0.717, 1.165) is 6.54 Å². The van der Waals surface area contributed by atoms with Crippen molar-refractivity contribution >= 4 is 23.4 Å². The summed E-state index contributed by atoms with van der Waals surface area (Å²) in [6.07, 6.45) is 0.656. The number of hydrogen-bond donors (Lipinski definition) is 2. The highest BCUT2D eigenvalue weighted by Crippen LogP contribution is 2.41. The average Bonchev–Trinajstić information content (AvgIpc) is 3.27. The maximum Gasteiger partial charge on any atom is 0.355 e. The summed E-state index contributed by atoms with van der Waals surface area (Å²) in [5.74, 6) is -1.62. The maximum absolute atomic E-state index is 13.3. The number of aromatic amines is 1. The summed E-state index contributed by atoms with van der Waals surface area (Å²) >= 11 is 0. The van der Waals surface area contributed by atoms with Gasteiger partial charge in [-0.15, -0.1) is 0 Å². The van der Waals surface area contributed by atoms with E-state index in [0.29, 0.717) is 47.7 Å². The number of amides is 1. The molecule has 1 aromatic carbocycles. The molecule has 1 aliphatic rings. The van der Waals surface area contributed by atoms with Crippen LogP contribution in [0.1, 0.15) is 59.2 Å². The highest BCUT2D eigenvalue weighted by Gasteiger charge is 2.46. The summed E-state index contributed by atoms with van der Waals surface area (Å²) < 4.78 is 10.7. The van der Waals surface area contributed by atoms with E-state index in [1.165, 1.54) is 4.90 Å². The van der Waals surface area contributed by atoms with Crippen molar-refractivity contribution in [2.45, 2.75) is 40.2 Å². The Kier molecular flexibility index (Phi) is 8.57. The summed E-state index contributed by atoms with van der Waals surface area (Å²) in [4.78, 5) is 45.3. The van der Waals surface area contributed by atoms with Crippen LogP contribution in [0, 0.1) is 13.8 Å². The number of carbonyl (C=O) groups excluding carboxylic acids is 3. The van der Waals surface area contributed by atoms with Crippen LogP contribution in [-0.4, -0.2) is 77.9 Å². The monoisotopic (exact) mass is 497 g/mol. The van der Waals surface area contributed by atoms with Crippen molar-refractivity contribution < 1.29 is 29.0 Å². The van der Waals surface area contributed by atoms with Crippen LogP contribution in [0.15, 0.2) is 29.8 Å². The van der Waals surface area contributed by atoms with Gasteiger partial charge in [-0.25, -0.2) is 4.79 Å². The van der Waals surface area contributed by atoms with E-state index in [-0.39, 0.29) is 23.6 Å². The molecular formula is C27H35N3O6. The first-order valence-electron chi connectivity index (χ1n) is 12.1. The third-order valence-corrected chi connectivity index (χ3v) is 6.21. The number of likely N-dealkylation sites (tertiary alicyclic amines) is 1. The Hall–Kier alpha value is -3.59. The second-order valence-electron chi connectivity index (χ2n) is 9.00. The van der Waals surface area contributed by atoms with Gasteiger partial charge in [0.1, 0.15) is 17.2 Å². The molecule has 1 aliphatic heterocycles. The van der Waals surface area contributed by atoms with E-state index < -0.39 is 23.7 Å². The van der Waals surface area contributed by atoms with Crippen LogP contribution >= 0.6 is 0 Å². The van der Waals surface area contributed by atoms with E-state index in [2.05, 4.69) is 4.98 Å². The van der Waals surface area contributed by atoms with Crippen LogP contribution in [-0.2, 0) is 14.3 Å². The molecule has 0 saturated carbocycles. The zero-order chi connectivity index (χ0) is 26.6. The number of aliphatic hydroxyl groups excluding tert-OH is 1. The molecule has 36 heavy (non-hydrogen) atoms. The van der Waals surface area contributed by atoms with Crippen LogP contribution in [0.4, 0.5) is 0 Å². The van der Waals surface area contributed by atoms with E-state index in [9.17, 15) is 19.5 Å². The molecule has 0 spiro atoms. The summed E-state index contributed by atoms with van der Waals surface area (Å²) in [6.45, 7) is 8.75. The molecule has 3 rings (SSSR count). The number of carbonyl (C=O) groups is 3. The molecule has 1 atom stereocenters. The minimum atomic E-state index is -0.775. The predicted molar refractivity (Wildman–Crippen MR) is 136 cm³/mol. The quantitative estimate of drug-likeness (QED) is 0.223. The van der Waals surface area contributed by atoms with E-state index in [4.69, 9.17) is 9.47 Å². The Bertz CT molecular complexity index is 1160. The van der Waals surface area contributed by atoms with Crippen molar-refractivity contribution in [1.82, 2.24) is 14.8 Å². The number of H-pyrrole nitrogens is 1. The first-order chi connectivity index (χ1) is 17.1. The number of Topliss-reactive ketones (excluding diaryl/α,β-unsaturated/α-hetero) is 1. The van der Waals surface area contributed by atoms with Gasteiger partial charge in [-0.1, -0.05) is 12.1 Å². The normalized spacial score (nSPS) is 17.2. The van der Waals surface area contributed by atoms with Gasteiger partial charge < -0.3 is 29.4 Å². The minimum Gasteiger partial charge on any atom is -0.507 e. The van der Waals surface area contributed by atoms with Gasteiger partial charge >= 0.3 is 5.97 Å². The molecule has 1 saturated heterocycles. The standard InChI is InChI=1S/C27H35N3O6/c1-7-35-19-12-10-18(11-13-19)23-21(25(32)26(33)30(23)15-9-14-29(5)6)24(31)20-16(3)22(28-17(20)4)27(34)36-8-2/h10-13,23,28,31H,7-9,14-15H2,1-6H3/b24-21+. The Morgan fingerprint density at radius 1 is 1.11 bits per heavy atom. The lowest BCUT2D eigenvalue weighted by atomic mass is 9.94. The van der Waals surface area contributed by atoms with Crippen molar-refractivity contribution in [2.24, 2.45) is 0 Å². The van der Waals surface area contributed by atoms with Crippen LogP contribution in [0.3, 0.4) is 0 Å². The van der Waals surface area contributed by atoms with Gasteiger partial charge in [0, 0.05) is 17.8 Å². The fourth-order valence-corrected chi connectivity index (χ4v) is 4.57. The van der Waals surface area contributed by atoms with E-state index >= 15 is 0 Å². The number of ether oxygens (including phenoxy) is 2. The number of esters is 1. The minimum absolute atomic E-state index is 0.00498. The van der Waals surface area contributed by atoms with Gasteiger partial charge in [0.25, 0.3) is 11.7 Å². The maximum atomic E-state index is 13.3. The molecule has 9 nitrogen and oxygen atoms in total. The first kappa shape index (κ1) is 27.0. The lowest BCUT2D eigenvalue weighted by Gasteiger charge is -2.26. The Morgan fingerprint density at radius 2 is 1.78 bits per heavy atom. The number of aryl methyl sites for hydroxylation is 1. The molecule has 194 valence electrons. The second kappa shape index (κ2) is 11.4. The van der Waals surface area contributed by atoms with Gasteiger partial charge in [0.05, 0.1) is 24.8 Å². The number of rotatable bonds is 10. The molecule has 1 unspecified atom stereocenters. The van der Waals surface area contributed by atoms with E-state index in [1.54, 1.807) is 45.0 Å². The molecule has 1 amide bonds. The van der Waals surface area contributed by atoms with Crippen molar-refractivity contribution in [1.29, 1.82) is 0 Å². The van der Waals surface area contributed by atoms with Crippen molar-refractivity contribution in [3.8, 4) is 5.75 Å². The molecule has 0 bridgehead atoms. The van der Waals surface area contributed by atoms with Gasteiger partial charge in [-0.3, -0.25) is 9.59 Å². The number of ketones is 1. The van der Waals surface area contributed by atoms with Gasteiger partial charge in [-0.2, -0.15) is 0 Å². The van der Waals surface area contributed by atoms with Crippen LogP contribution in [0.25, 0.3) is 5.76 Å². The second-order valence-corrected chi connectivity index (χ2v) is 9.00. The van der Waals surface area contributed by atoms with Crippen molar-refractivity contribution in [2.75, 3.05) is 40.4 Å². The zero-order valence-corrected chi connectivity index (χ0v) is 21.8. The summed E-state index contributed by atoms with van der Waals surface area (Å²) in [6, 6.07) is 6.39. The smallest absolute Gasteiger partial charge is 0.355 e. The fourth-order valence-electron chi connectivity index (χ4n) is 4.57. The molecule has 1 aromatic heterocycles. The molecule has 0 aliphatic carbocycles. The largest absolute Gasteiger partial charge is 0.507 e. The van der Waals surface area contributed by atoms with Crippen LogP contribution < -0.4 is 4.74 Å². The fraction of sp³-hybridized carbons (Fsp3) is 0.444. The zero-order valence-electron chi connectivity index (χ0n) is 21.8. The van der Waals surface area contributed by atoms with Crippen LogP contribution in [0.5, 0.6) is 5.75 Å². The number of benzene rings is 1. The molecule has 2 heterocycles. The number of nitrogens with one attached hydrogen (secondary N) is 1. The lowest BCUT2D eigenvalue weighted by Crippen LogP contribution is -2.32. The molecular weight excluding hydrogens is 462 g/mol. The number of aromatic nitrogens is 1. The molecule has 2 aromatic rings. The molecule has 9 heteroatoms. The van der Waals surface area contributed by atoms with Crippen LogP contribution in [0.2, 0.25) is 0 Å². The number of hydrogen-bond acceptors (Lipinski definition) is 7. The van der Waals surface area contributed by atoms with Crippen molar-refractivity contribution in [3.05, 3.63) is 57.9 Å².